The third-order valence-electron chi connectivity index (χ3n) is 4.63. The van der Waals surface area contributed by atoms with Crippen LogP contribution in [0.3, 0.4) is 0 Å². The third-order valence-corrected chi connectivity index (χ3v) is 4.63. The number of rotatable bonds is 5. The molecule has 1 atom stereocenters. The van der Waals surface area contributed by atoms with Crippen LogP contribution in [0.25, 0.3) is 0 Å². The molecule has 1 aromatic rings. The molecule has 0 radical (unpaired) electrons. The standard InChI is InChI=1S/C18H28N4O2.HI/c1-19-18(20-8-12-24-17-5-3-2-4-6-17)22-9-7-16(15-22)21-10-13-23-14-11-21;/h2-6,16H,7-15H2,1H3,(H,19,20);1H. The topological polar surface area (TPSA) is 49.3 Å². The van der Waals surface area contributed by atoms with Crippen molar-refractivity contribution in [3.63, 3.8) is 0 Å². The van der Waals surface area contributed by atoms with E-state index in [0.29, 0.717) is 12.6 Å². The van der Waals surface area contributed by atoms with Gasteiger partial charge in [-0.3, -0.25) is 9.89 Å². The summed E-state index contributed by atoms with van der Waals surface area (Å²) < 4.78 is 11.2. The van der Waals surface area contributed by atoms with Gasteiger partial charge in [-0.2, -0.15) is 0 Å². The highest BCUT2D eigenvalue weighted by Crippen LogP contribution is 2.17. The maximum atomic E-state index is 5.72. The Bertz CT molecular complexity index is 523. The predicted octanol–water partition coefficient (Wildman–Crippen LogP) is 1.67. The average molecular weight is 460 g/mol. The van der Waals surface area contributed by atoms with Crippen LogP contribution >= 0.6 is 24.0 Å². The van der Waals surface area contributed by atoms with Crippen molar-refractivity contribution < 1.29 is 9.47 Å². The summed E-state index contributed by atoms with van der Waals surface area (Å²) in [7, 11) is 1.85. The summed E-state index contributed by atoms with van der Waals surface area (Å²) in [4.78, 5) is 9.33. The molecule has 0 saturated carbocycles. The van der Waals surface area contributed by atoms with Crippen LogP contribution in [0.5, 0.6) is 5.75 Å². The van der Waals surface area contributed by atoms with E-state index in [1.807, 2.05) is 37.4 Å². The van der Waals surface area contributed by atoms with E-state index < -0.39 is 0 Å². The minimum Gasteiger partial charge on any atom is -0.492 e. The number of benzene rings is 1. The maximum absolute atomic E-state index is 5.72. The number of para-hydroxylation sites is 1. The van der Waals surface area contributed by atoms with Crippen molar-refractivity contribution in [1.29, 1.82) is 0 Å². The first-order valence-corrected chi connectivity index (χ1v) is 8.82. The number of hydrogen-bond donors (Lipinski definition) is 1. The lowest BCUT2D eigenvalue weighted by Crippen LogP contribution is -2.47. The summed E-state index contributed by atoms with van der Waals surface area (Å²) in [5.74, 6) is 1.88. The van der Waals surface area contributed by atoms with Gasteiger partial charge in [0.1, 0.15) is 12.4 Å². The van der Waals surface area contributed by atoms with Crippen molar-refractivity contribution in [3.05, 3.63) is 30.3 Å². The molecule has 6 nitrogen and oxygen atoms in total. The van der Waals surface area contributed by atoms with E-state index in [1.165, 1.54) is 6.42 Å². The molecule has 2 saturated heterocycles. The number of aliphatic imine (C=N–C) groups is 1. The number of hydrogen-bond acceptors (Lipinski definition) is 4. The van der Waals surface area contributed by atoms with Gasteiger partial charge in [0.05, 0.1) is 19.8 Å². The van der Waals surface area contributed by atoms with E-state index in [0.717, 1.165) is 57.6 Å². The smallest absolute Gasteiger partial charge is 0.193 e. The lowest BCUT2D eigenvalue weighted by molar-refractivity contribution is 0.0195. The zero-order chi connectivity index (χ0) is 16.6. The second kappa shape index (κ2) is 10.8. The lowest BCUT2D eigenvalue weighted by Gasteiger charge is -2.32. The molecule has 3 rings (SSSR count). The van der Waals surface area contributed by atoms with Gasteiger partial charge in [-0.25, -0.2) is 0 Å². The van der Waals surface area contributed by atoms with E-state index >= 15 is 0 Å². The minimum absolute atomic E-state index is 0. The highest BCUT2D eigenvalue weighted by Gasteiger charge is 2.30. The minimum atomic E-state index is 0. The molecule has 7 heteroatoms. The Hall–Kier alpha value is -1.06. The molecule has 2 aliphatic rings. The van der Waals surface area contributed by atoms with E-state index in [4.69, 9.17) is 9.47 Å². The summed E-state index contributed by atoms with van der Waals surface area (Å²) in [5.41, 5.74) is 0. The summed E-state index contributed by atoms with van der Waals surface area (Å²) in [6.45, 7) is 7.30. The molecule has 0 amide bonds. The van der Waals surface area contributed by atoms with Crippen LogP contribution in [-0.2, 0) is 4.74 Å². The number of ether oxygens (including phenoxy) is 2. The molecule has 25 heavy (non-hydrogen) atoms. The van der Waals surface area contributed by atoms with Gasteiger partial charge in [0.25, 0.3) is 0 Å². The van der Waals surface area contributed by atoms with Crippen LogP contribution in [0.1, 0.15) is 6.42 Å². The molecule has 0 aliphatic carbocycles. The van der Waals surface area contributed by atoms with Crippen molar-refractivity contribution in [1.82, 2.24) is 15.1 Å². The van der Waals surface area contributed by atoms with Crippen molar-refractivity contribution in [3.8, 4) is 5.75 Å². The van der Waals surface area contributed by atoms with Crippen molar-refractivity contribution in [2.75, 3.05) is 59.6 Å². The Balaban J connectivity index is 0.00000225. The highest BCUT2D eigenvalue weighted by molar-refractivity contribution is 14.0. The predicted molar refractivity (Wildman–Crippen MR) is 111 cm³/mol. The van der Waals surface area contributed by atoms with Gasteiger partial charge in [0.2, 0.25) is 0 Å². The van der Waals surface area contributed by atoms with Gasteiger partial charge in [0, 0.05) is 39.3 Å². The van der Waals surface area contributed by atoms with Crippen LogP contribution < -0.4 is 10.1 Å². The molecule has 1 aromatic carbocycles. The Morgan fingerprint density at radius 1 is 1.24 bits per heavy atom. The van der Waals surface area contributed by atoms with Crippen LogP contribution in [-0.4, -0.2) is 81.4 Å². The Kier molecular flexibility index (Phi) is 8.77. The zero-order valence-electron chi connectivity index (χ0n) is 14.9. The largest absolute Gasteiger partial charge is 0.492 e. The molecular weight excluding hydrogens is 431 g/mol. The van der Waals surface area contributed by atoms with Gasteiger partial charge in [0.15, 0.2) is 5.96 Å². The molecule has 0 aromatic heterocycles. The normalized spacial score (nSPS) is 21.7. The van der Waals surface area contributed by atoms with Crippen molar-refractivity contribution in [2.45, 2.75) is 12.5 Å². The summed E-state index contributed by atoms with van der Waals surface area (Å²) >= 11 is 0. The van der Waals surface area contributed by atoms with E-state index in [1.54, 1.807) is 0 Å². The number of nitrogens with zero attached hydrogens (tertiary/aromatic N) is 3. The number of likely N-dealkylation sites (tertiary alicyclic amines) is 1. The van der Waals surface area contributed by atoms with Crippen LogP contribution in [0, 0.1) is 0 Å². The Morgan fingerprint density at radius 3 is 2.72 bits per heavy atom. The number of nitrogens with one attached hydrogen (secondary N) is 1. The maximum Gasteiger partial charge on any atom is 0.193 e. The monoisotopic (exact) mass is 460 g/mol. The molecule has 0 bridgehead atoms. The quantitative estimate of drug-likeness (QED) is 0.314. The highest BCUT2D eigenvalue weighted by atomic mass is 127. The second-order valence-electron chi connectivity index (χ2n) is 6.17. The molecule has 0 spiro atoms. The summed E-state index contributed by atoms with van der Waals surface area (Å²) in [5, 5.41) is 3.41. The summed E-state index contributed by atoms with van der Waals surface area (Å²) in [6, 6.07) is 10.5. The first-order valence-electron chi connectivity index (χ1n) is 8.82. The zero-order valence-corrected chi connectivity index (χ0v) is 17.2. The molecule has 1 unspecified atom stereocenters. The number of guanidine groups is 1. The van der Waals surface area contributed by atoms with Crippen molar-refractivity contribution in [2.24, 2.45) is 4.99 Å². The first kappa shape index (κ1) is 20.3. The first-order chi connectivity index (χ1) is 11.9. The summed E-state index contributed by atoms with van der Waals surface area (Å²) in [6.07, 6.45) is 1.20. The van der Waals surface area contributed by atoms with Gasteiger partial charge < -0.3 is 19.7 Å². The fourth-order valence-corrected chi connectivity index (χ4v) is 3.36. The molecule has 2 fully saturated rings. The van der Waals surface area contributed by atoms with E-state index in [2.05, 4.69) is 20.1 Å². The van der Waals surface area contributed by atoms with Crippen LogP contribution in [0.2, 0.25) is 0 Å². The molecule has 140 valence electrons. The van der Waals surface area contributed by atoms with Crippen molar-refractivity contribution >= 4 is 29.9 Å². The van der Waals surface area contributed by atoms with Gasteiger partial charge in [-0.15, -0.1) is 24.0 Å². The van der Waals surface area contributed by atoms with E-state index in [-0.39, 0.29) is 24.0 Å². The number of morpholine rings is 1. The molecular formula is C18H29IN4O2. The van der Waals surface area contributed by atoms with Gasteiger partial charge in [-0.05, 0) is 18.6 Å². The van der Waals surface area contributed by atoms with Gasteiger partial charge >= 0.3 is 0 Å². The SMILES string of the molecule is CN=C(NCCOc1ccccc1)N1CCC(N2CCOCC2)C1.I. The Morgan fingerprint density at radius 2 is 2.00 bits per heavy atom. The molecule has 1 N–H and O–H groups in total. The van der Waals surface area contributed by atoms with Crippen LogP contribution in [0.4, 0.5) is 0 Å². The number of halogens is 1. The van der Waals surface area contributed by atoms with Gasteiger partial charge in [-0.1, -0.05) is 18.2 Å². The van der Waals surface area contributed by atoms with E-state index in [9.17, 15) is 0 Å². The fraction of sp³-hybridized carbons (Fsp3) is 0.611. The Labute approximate surface area is 167 Å². The lowest BCUT2D eigenvalue weighted by atomic mass is 10.2. The molecule has 2 aliphatic heterocycles. The fourth-order valence-electron chi connectivity index (χ4n) is 3.36. The molecule has 2 heterocycles. The van der Waals surface area contributed by atoms with Crippen LogP contribution in [0.15, 0.2) is 35.3 Å². The second-order valence-corrected chi connectivity index (χ2v) is 6.17. The average Bonchev–Trinajstić information content (AvgIpc) is 3.13. The third kappa shape index (κ3) is 6.00.